The second kappa shape index (κ2) is 7.37. The molecule has 0 aliphatic rings. The van der Waals surface area contributed by atoms with E-state index in [1.54, 1.807) is 4.90 Å². The van der Waals surface area contributed by atoms with Crippen LogP contribution in [0.1, 0.15) is 24.2 Å². The number of hydrogen-bond acceptors (Lipinski definition) is 4. The SMILES string of the molecule is CCN(CC)C(=O)c1ccc(S(=O)(=O)NCCN)cc1. The van der Waals surface area contributed by atoms with Crippen molar-refractivity contribution in [3.05, 3.63) is 29.8 Å². The number of amides is 1. The fraction of sp³-hybridized carbons (Fsp3) is 0.462. The average Bonchev–Trinajstić information content (AvgIpc) is 2.46. The topological polar surface area (TPSA) is 92.5 Å². The van der Waals surface area contributed by atoms with E-state index >= 15 is 0 Å². The van der Waals surface area contributed by atoms with E-state index in [0.717, 1.165) is 0 Å². The molecule has 0 radical (unpaired) electrons. The monoisotopic (exact) mass is 299 g/mol. The number of nitrogens with one attached hydrogen (secondary N) is 1. The van der Waals surface area contributed by atoms with E-state index in [0.29, 0.717) is 18.7 Å². The van der Waals surface area contributed by atoms with E-state index in [2.05, 4.69) is 4.72 Å². The first-order valence-electron chi connectivity index (χ1n) is 6.55. The maximum atomic E-state index is 12.1. The fourth-order valence-electron chi connectivity index (χ4n) is 1.75. The van der Waals surface area contributed by atoms with Crippen molar-refractivity contribution < 1.29 is 13.2 Å². The predicted molar refractivity (Wildman–Crippen MR) is 77.9 cm³/mol. The molecule has 0 heterocycles. The normalized spacial score (nSPS) is 11.3. The number of sulfonamides is 1. The van der Waals surface area contributed by atoms with Crippen LogP contribution in [0.5, 0.6) is 0 Å². The molecule has 0 spiro atoms. The summed E-state index contributed by atoms with van der Waals surface area (Å²) >= 11 is 0. The molecule has 0 aromatic heterocycles. The van der Waals surface area contributed by atoms with Crippen LogP contribution in [0.3, 0.4) is 0 Å². The third-order valence-electron chi connectivity index (χ3n) is 2.90. The van der Waals surface area contributed by atoms with Crippen LogP contribution in [-0.2, 0) is 10.0 Å². The Morgan fingerprint density at radius 2 is 1.75 bits per heavy atom. The minimum Gasteiger partial charge on any atom is -0.339 e. The smallest absolute Gasteiger partial charge is 0.253 e. The standard InChI is InChI=1S/C13H21N3O3S/c1-3-16(4-2)13(17)11-5-7-12(8-6-11)20(18,19)15-10-9-14/h5-8,15H,3-4,9-10,14H2,1-2H3. The summed E-state index contributed by atoms with van der Waals surface area (Å²) in [7, 11) is -3.55. The van der Waals surface area contributed by atoms with Gasteiger partial charge in [0.25, 0.3) is 5.91 Å². The van der Waals surface area contributed by atoms with Crippen LogP contribution in [0, 0.1) is 0 Å². The van der Waals surface area contributed by atoms with E-state index in [1.807, 2.05) is 13.8 Å². The second-order valence-corrected chi connectivity index (χ2v) is 5.96. The first-order valence-corrected chi connectivity index (χ1v) is 8.03. The Balaban J connectivity index is 2.91. The van der Waals surface area contributed by atoms with Crippen LogP contribution in [0.2, 0.25) is 0 Å². The summed E-state index contributed by atoms with van der Waals surface area (Å²) in [5.74, 6) is -0.103. The van der Waals surface area contributed by atoms with Gasteiger partial charge in [-0.15, -0.1) is 0 Å². The largest absolute Gasteiger partial charge is 0.339 e. The van der Waals surface area contributed by atoms with Crippen LogP contribution < -0.4 is 10.5 Å². The molecule has 0 aliphatic carbocycles. The number of nitrogens with two attached hydrogens (primary N) is 1. The molecule has 7 heteroatoms. The maximum absolute atomic E-state index is 12.1. The molecule has 0 aliphatic heterocycles. The summed E-state index contributed by atoms with van der Waals surface area (Å²) in [5, 5.41) is 0. The molecule has 112 valence electrons. The Hall–Kier alpha value is -1.44. The van der Waals surface area contributed by atoms with Crippen molar-refractivity contribution in [3.63, 3.8) is 0 Å². The molecule has 1 rings (SSSR count). The highest BCUT2D eigenvalue weighted by molar-refractivity contribution is 7.89. The third kappa shape index (κ3) is 4.03. The number of hydrogen-bond donors (Lipinski definition) is 2. The molecule has 1 aromatic carbocycles. The Kier molecular flexibility index (Phi) is 6.12. The van der Waals surface area contributed by atoms with Crippen LogP contribution in [-0.4, -0.2) is 45.4 Å². The number of benzene rings is 1. The minimum atomic E-state index is -3.55. The molecule has 0 saturated carbocycles. The Labute approximate surface area is 120 Å². The lowest BCUT2D eigenvalue weighted by Crippen LogP contribution is -2.31. The highest BCUT2D eigenvalue weighted by Crippen LogP contribution is 2.12. The van der Waals surface area contributed by atoms with Gasteiger partial charge in [-0.1, -0.05) is 0 Å². The van der Waals surface area contributed by atoms with Crippen LogP contribution >= 0.6 is 0 Å². The molecule has 20 heavy (non-hydrogen) atoms. The van der Waals surface area contributed by atoms with Crippen LogP contribution in [0.15, 0.2) is 29.2 Å². The molecular formula is C13H21N3O3S. The summed E-state index contributed by atoms with van der Waals surface area (Å²) < 4.78 is 26.1. The number of carbonyl (C=O) groups is 1. The van der Waals surface area contributed by atoms with Gasteiger partial charge in [0.2, 0.25) is 10.0 Å². The van der Waals surface area contributed by atoms with Crippen LogP contribution in [0.4, 0.5) is 0 Å². The molecule has 0 fully saturated rings. The summed E-state index contributed by atoms with van der Waals surface area (Å²) in [4.78, 5) is 13.9. The number of carbonyl (C=O) groups excluding carboxylic acids is 1. The average molecular weight is 299 g/mol. The zero-order chi connectivity index (χ0) is 15.2. The van der Waals surface area contributed by atoms with E-state index in [4.69, 9.17) is 5.73 Å². The number of nitrogens with zero attached hydrogens (tertiary/aromatic N) is 1. The maximum Gasteiger partial charge on any atom is 0.253 e. The van der Waals surface area contributed by atoms with Gasteiger partial charge in [-0.25, -0.2) is 13.1 Å². The van der Waals surface area contributed by atoms with Gasteiger partial charge in [-0.3, -0.25) is 4.79 Å². The lowest BCUT2D eigenvalue weighted by Gasteiger charge is -2.18. The quantitative estimate of drug-likeness (QED) is 0.762. The molecule has 3 N–H and O–H groups in total. The van der Waals surface area contributed by atoms with Gasteiger partial charge in [0.1, 0.15) is 0 Å². The summed E-state index contributed by atoms with van der Waals surface area (Å²) in [6.07, 6.45) is 0. The molecule has 6 nitrogen and oxygen atoms in total. The molecule has 0 atom stereocenters. The van der Waals surface area contributed by atoms with Crippen molar-refractivity contribution in [2.24, 2.45) is 5.73 Å². The predicted octanol–water partition coefficient (Wildman–Crippen LogP) is 0.406. The van der Waals surface area contributed by atoms with Crippen molar-refractivity contribution >= 4 is 15.9 Å². The van der Waals surface area contributed by atoms with Crippen molar-refractivity contribution in [3.8, 4) is 0 Å². The fourth-order valence-corrected chi connectivity index (χ4v) is 2.79. The summed E-state index contributed by atoms with van der Waals surface area (Å²) in [6, 6.07) is 5.90. The third-order valence-corrected chi connectivity index (χ3v) is 4.38. The zero-order valence-electron chi connectivity index (χ0n) is 11.8. The second-order valence-electron chi connectivity index (χ2n) is 4.19. The van der Waals surface area contributed by atoms with E-state index in [9.17, 15) is 13.2 Å². The first-order chi connectivity index (χ1) is 9.46. The lowest BCUT2D eigenvalue weighted by molar-refractivity contribution is 0.0773. The molecule has 1 aromatic rings. The molecular weight excluding hydrogens is 278 g/mol. The van der Waals surface area contributed by atoms with Gasteiger partial charge in [0.05, 0.1) is 4.90 Å². The van der Waals surface area contributed by atoms with E-state index in [-0.39, 0.29) is 23.9 Å². The molecule has 0 bridgehead atoms. The molecule has 0 unspecified atom stereocenters. The van der Waals surface area contributed by atoms with Gasteiger partial charge in [-0.05, 0) is 38.1 Å². The first kappa shape index (κ1) is 16.6. The number of rotatable bonds is 7. The van der Waals surface area contributed by atoms with Crippen molar-refractivity contribution in [2.45, 2.75) is 18.7 Å². The molecule has 1 amide bonds. The van der Waals surface area contributed by atoms with Crippen molar-refractivity contribution in [1.29, 1.82) is 0 Å². The van der Waals surface area contributed by atoms with Crippen molar-refractivity contribution in [1.82, 2.24) is 9.62 Å². The molecule has 0 saturated heterocycles. The highest BCUT2D eigenvalue weighted by Gasteiger charge is 2.16. The van der Waals surface area contributed by atoms with Crippen LogP contribution in [0.25, 0.3) is 0 Å². The van der Waals surface area contributed by atoms with Gasteiger partial charge in [-0.2, -0.15) is 0 Å². The van der Waals surface area contributed by atoms with Gasteiger partial charge >= 0.3 is 0 Å². The zero-order valence-corrected chi connectivity index (χ0v) is 12.6. The van der Waals surface area contributed by atoms with E-state index in [1.165, 1.54) is 24.3 Å². The Morgan fingerprint density at radius 1 is 1.20 bits per heavy atom. The summed E-state index contributed by atoms with van der Waals surface area (Å²) in [5.41, 5.74) is 5.74. The summed E-state index contributed by atoms with van der Waals surface area (Å²) in [6.45, 7) is 5.45. The van der Waals surface area contributed by atoms with Gasteiger partial charge < -0.3 is 10.6 Å². The lowest BCUT2D eigenvalue weighted by atomic mass is 10.2. The Morgan fingerprint density at radius 3 is 2.20 bits per heavy atom. The van der Waals surface area contributed by atoms with E-state index < -0.39 is 10.0 Å². The van der Waals surface area contributed by atoms with Gasteiger partial charge in [0, 0.05) is 31.7 Å². The highest BCUT2D eigenvalue weighted by atomic mass is 32.2. The van der Waals surface area contributed by atoms with Crippen molar-refractivity contribution in [2.75, 3.05) is 26.2 Å². The minimum absolute atomic E-state index is 0.103. The van der Waals surface area contributed by atoms with Gasteiger partial charge in [0.15, 0.2) is 0 Å². The Bertz CT molecular complexity index is 536.